The fraction of sp³-hybridized carbons (Fsp3) is 0.533. The van der Waals surface area contributed by atoms with Crippen molar-refractivity contribution in [2.24, 2.45) is 4.99 Å². The van der Waals surface area contributed by atoms with Crippen LogP contribution < -0.4 is 10.6 Å². The Morgan fingerprint density at radius 3 is 2.47 bits per heavy atom. The highest BCUT2D eigenvalue weighted by atomic mass is 79.9. The van der Waals surface area contributed by atoms with Gasteiger partial charge in [0.2, 0.25) is 0 Å². The van der Waals surface area contributed by atoms with Gasteiger partial charge in [-0.1, -0.05) is 48.0 Å². The summed E-state index contributed by atoms with van der Waals surface area (Å²) in [7, 11) is 1.79. The molecule has 1 aromatic carbocycles. The van der Waals surface area contributed by atoms with E-state index < -0.39 is 0 Å². The highest BCUT2D eigenvalue weighted by Crippen LogP contribution is 2.29. The lowest BCUT2D eigenvalue weighted by Crippen LogP contribution is -2.45. The molecule has 1 rings (SSSR count). The number of nitrogens with one attached hydrogen (secondary N) is 2. The van der Waals surface area contributed by atoms with Gasteiger partial charge in [-0.25, -0.2) is 0 Å². The highest BCUT2D eigenvalue weighted by molar-refractivity contribution is 9.10. The van der Waals surface area contributed by atoms with Gasteiger partial charge in [-0.15, -0.1) is 0 Å². The van der Waals surface area contributed by atoms with Gasteiger partial charge in [0.05, 0.1) is 0 Å². The van der Waals surface area contributed by atoms with Gasteiger partial charge in [-0.2, -0.15) is 0 Å². The van der Waals surface area contributed by atoms with Crippen LogP contribution in [-0.4, -0.2) is 25.6 Å². The summed E-state index contributed by atoms with van der Waals surface area (Å²) in [4.78, 5) is 4.23. The third-order valence-electron chi connectivity index (χ3n) is 2.95. The van der Waals surface area contributed by atoms with Crippen molar-refractivity contribution in [1.29, 1.82) is 0 Å². The van der Waals surface area contributed by atoms with Crippen LogP contribution >= 0.6 is 15.9 Å². The first kappa shape index (κ1) is 16.0. The molecule has 19 heavy (non-hydrogen) atoms. The zero-order valence-electron chi connectivity index (χ0n) is 12.4. The molecule has 0 aliphatic carbocycles. The first-order valence-electron chi connectivity index (χ1n) is 6.59. The standard InChI is InChI=1S/C15H24BrN3/c1-11(2)19-14(17-5)18-10-15(3,4)12-8-6-7-9-13(12)16/h6-9,11H,10H2,1-5H3,(H2,17,18,19). The zero-order chi connectivity index (χ0) is 14.5. The monoisotopic (exact) mass is 325 g/mol. The summed E-state index contributed by atoms with van der Waals surface area (Å²) in [6.45, 7) is 9.48. The average molecular weight is 326 g/mol. The van der Waals surface area contributed by atoms with E-state index in [-0.39, 0.29) is 5.41 Å². The van der Waals surface area contributed by atoms with Gasteiger partial charge in [-0.3, -0.25) is 4.99 Å². The lowest BCUT2D eigenvalue weighted by Gasteiger charge is -2.28. The maximum atomic E-state index is 4.23. The SMILES string of the molecule is CN=C(NCC(C)(C)c1ccccc1Br)NC(C)C. The van der Waals surface area contributed by atoms with Gasteiger partial charge in [0.1, 0.15) is 0 Å². The van der Waals surface area contributed by atoms with Crippen LogP contribution in [0.3, 0.4) is 0 Å². The van der Waals surface area contributed by atoms with Crippen LogP contribution in [0.2, 0.25) is 0 Å². The largest absolute Gasteiger partial charge is 0.356 e. The molecule has 0 saturated carbocycles. The second kappa shape index (κ2) is 6.94. The van der Waals surface area contributed by atoms with Crippen LogP contribution in [0, 0.1) is 0 Å². The van der Waals surface area contributed by atoms with Crippen molar-refractivity contribution in [3.8, 4) is 0 Å². The molecule has 0 heterocycles. The van der Waals surface area contributed by atoms with Gasteiger partial charge in [-0.05, 0) is 25.5 Å². The number of guanidine groups is 1. The van der Waals surface area contributed by atoms with Crippen LogP contribution in [0.15, 0.2) is 33.7 Å². The van der Waals surface area contributed by atoms with Gasteiger partial charge >= 0.3 is 0 Å². The van der Waals surface area contributed by atoms with Crippen molar-refractivity contribution in [3.05, 3.63) is 34.3 Å². The molecule has 4 heteroatoms. The van der Waals surface area contributed by atoms with E-state index in [9.17, 15) is 0 Å². The number of hydrogen-bond donors (Lipinski definition) is 2. The fourth-order valence-electron chi connectivity index (χ4n) is 1.88. The van der Waals surface area contributed by atoms with Gasteiger partial charge in [0.25, 0.3) is 0 Å². The Balaban J connectivity index is 2.73. The summed E-state index contributed by atoms with van der Waals surface area (Å²) in [5.41, 5.74) is 1.32. The van der Waals surface area contributed by atoms with E-state index in [1.807, 2.05) is 6.07 Å². The van der Waals surface area contributed by atoms with Crippen LogP contribution in [-0.2, 0) is 5.41 Å². The molecular weight excluding hydrogens is 302 g/mol. The van der Waals surface area contributed by atoms with Crippen molar-refractivity contribution in [2.75, 3.05) is 13.6 Å². The molecule has 0 aliphatic heterocycles. The summed E-state index contributed by atoms with van der Waals surface area (Å²) < 4.78 is 1.15. The molecule has 0 amide bonds. The molecule has 0 unspecified atom stereocenters. The van der Waals surface area contributed by atoms with E-state index in [0.717, 1.165) is 17.0 Å². The van der Waals surface area contributed by atoms with E-state index in [2.05, 4.69) is 77.4 Å². The van der Waals surface area contributed by atoms with Crippen molar-refractivity contribution in [1.82, 2.24) is 10.6 Å². The second-order valence-electron chi connectivity index (χ2n) is 5.59. The first-order chi connectivity index (χ1) is 8.86. The maximum absolute atomic E-state index is 4.23. The predicted octanol–water partition coefficient (Wildman–Crippen LogP) is 3.30. The summed E-state index contributed by atoms with van der Waals surface area (Å²) in [6, 6.07) is 8.72. The number of aliphatic imine (C=N–C) groups is 1. The average Bonchev–Trinajstić information content (AvgIpc) is 2.34. The number of rotatable bonds is 4. The predicted molar refractivity (Wildman–Crippen MR) is 86.8 cm³/mol. The minimum atomic E-state index is 0.0225. The summed E-state index contributed by atoms with van der Waals surface area (Å²) >= 11 is 3.62. The minimum absolute atomic E-state index is 0.0225. The Labute approximate surface area is 125 Å². The van der Waals surface area contributed by atoms with E-state index in [0.29, 0.717) is 6.04 Å². The molecule has 0 atom stereocenters. The number of hydrogen-bond acceptors (Lipinski definition) is 1. The Bertz CT molecular complexity index is 439. The molecule has 0 aromatic heterocycles. The molecule has 0 spiro atoms. The molecule has 0 radical (unpaired) electrons. The number of halogens is 1. The third-order valence-corrected chi connectivity index (χ3v) is 3.64. The van der Waals surface area contributed by atoms with Crippen LogP contribution in [0.4, 0.5) is 0 Å². The first-order valence-corrected chi connectivity index (χ1v) is 7.38. The van der Waals surface area contributed by atoms with E-state index >= 15 is 0 Å². The number of nitrogens with zero attached hydrogens (tertiary/aromatic N) is 1. The summed E-state index contributed by atoms with van der Waals surface area (Å²) in [5, 5.41) is 6.68. The Morgan fingerprint density at radius 2 is 1.95 bits per heavy atom. The minimum Gasteiger partial charge on any atom is -0.356 e. The molecule has 106 valence electrons. The molecule has 0 saturated heterocycles. The van der Waals surface area contributed by atoms with Crippen LogP contribution in [0.25, 0.3) is 0 Å². The second-order valence-corrected chi connectivity index (χ2v) is 6.44. The van der Waals surface area contributed by atoms with Crippen molar-refractivity contribution in [2.45, 2.75) is 39.2 Å². The van der Waals surface area contributed by atoms with Gasteiger partial charge in [0, 0.05) is 29.5 Å². The van der Waals surface area contributed by atoms with E-state index in [1.54, 1.807) is 7.05 Å². The Kier molecular flexibility index (Phi) is 5.85. The van der Waals surface area contributed by atoms with E-state index in [1.165, 1.54) is 5.56 Å². The molecule has 0 bridgehead atoms. The number of benzene rings is 1. The van der Waals surface area contributed by atoms with Crippen molar-refractivity contribution in [3.63, 3.8) is 0 Å². The quantitative estimate of drug-likeness (QED) is 0.658. The summed E-state index contributed by atoms with van der Waals surface area (Å²) in [5.74, 6) is 0.843. The summed E-state index contributed by atoms with van der Waals surface area (Å²) in [6.07, 6.45) is 0. The Hall–Kier alpha value is -1.03. The molecule has 1 aromatic rings. The van der Waals surface area contributed by atoms with Crippen molar-refractivity contribution >= 4 is 21.9 Å². The van der Waals surface area contributed by atoms with Gasteiger partial charge < -0.3 is 10.6 Å². The zero-order valence-corrected chi connectivity index (χ0v) is 14.0. The molecular formula is C15H24BrN3. The fourth-order valence-corrected chi connectivity index (χ4v) is 2.70. The third kappa shape index (κ3) is 4.86. The normalized spacial score (nSPS) is 12.7. The Morgan fingerprint density at radius 1 is 1.32 bits per heavy atom. The molecule has 2 N–H and O–H groups in total. The lowest BCUT2D eigenvalue weighted by molar-refractivity contribution is 0.504. The topological polar surface area (TPSA) is 36.4 Å². The maximum Gasteiger partial charge on any atom is 0.191 e. The van der Waals surface area contributed by atoms with Gasteiger partial charge in [0.15, 0.2) is 5.96 Å². The van der Waals surface area contributed by atoms with Crippen LogP contribution in [0.1, 0.15) is 33.3 Å². The van der Waals surface area contributed by atoms with E-state index in [4.69, 9.17) is 0 Å². The molecule has 0 fully saturated rings. The van der Waals surface area contributed by atoms with Crippen LogP contribution in [0.5, 0.6) is 0 Å². The van der Waals surface area contributed by atoms with Crippen molar-refractivity contribution < 1.29 is 0 Å². The molecule has 0 aliphatic rings. The molecule has 3 nitrogen and oxygen atoms in total. The highest BCUT2D eigenvalue weighted by Gasteiger charge is 2.23. The lowest BCUT2D eigenvalue weighted by atomic mass is 9.84. The smallest absolute Gasteiger partial charge is 0.191 e.